The summed E-state index contributed by atoms with van der Waals surface area (Å²) in [5.74, 6) is 1.74. The van der Waals surface area contributed by atoms with Gasteiger partial charge in [0, 0.05) is 10.9 Å². The number of ether oxygens (including phenoxy) is 1. The Morgan fingerprint density at radius 1 is 1.00 bits per heavy atom. The van der Waals surface area contributed by atoms with E-state index in [1.54, 1.807) is 0 Å². The van der Waals surface area contributed by atoms with Gasteiger partial charge in [-0.15, -0.1) is 11.6 Å². The number of hydrogen-bond acceptors (Lipinski definition) is 1. The quantitative estimate of drug-likeness (QED) is 0.495. The van der Waals surface area contributed by atoms with Crippen LogP contribution in [0.1, 0.15) is 36.8 Å². The van der Waals surface area contributed by atoms with Crippen LogP contribution in [-0.4, -0.2) is 12.5 Å². The molecular formula is C14H20Cl2O. The molecule has 0 aliphatic carbocycles. The fraction of sp³-hybridized carbons (Fsp3) is 0.571. The van der Waals surface area contributed by atoms with E-state index in [4.69, 9.17) is 27.9 Å². The number of hydrogen-bond donors (Lipinski definition) is 0. The van der Waals surface area contributed by atoms with E-state index in [0.29, 0.717) is 0 Å². The standard InChI is InChI=1S/C14H20Cl2O/c1-11-9-13(16)10-12(2)14(11)17-8-6-4-3-5-7-15/h9-10H,3-8H2,1-2H3. The molecule has 96 valence electrons. The lowest BCUT2D eigenvalue weighted by atomic mass is 10.1. The van der Waals surface area contributed by atoms with Gasteiger partial charge in [-0.05, 0) is 49.9 Å². The second-order valence-electron chi connectivity index (χ2n) is 4.32. The minimum absolute atomic E-state index is 0.760. The van der Waals surface area contributed by atoms with Gasteiger partial charge < -0.3 is 4.74 Å². The van der Waals surface area contributed by atoms with Gasteiger partial charge in [-0.1, -0.05) is 24.4 Å². The molecule has 0 unspecified atom stereocenters. The molecule has 0 heterocycles. The maximum atomic E-state index is 5.97. The summed E-state index contributed by atoms with van der Waals surface area (Å²) < 4.78 is 5.81. The molecule has 0 radical (unpaired) electrons. The molecule has 0 atom stereocenters. The third kappa shape index (κ3) is 5.18. The van der Waals surface area contributed by atoms with Gasteiger partial charge in [-0.25, -0.2) is 0 Å². The number of benzene rings is 1. The lowest BCUT2D eigenvalue weighted by Crippen LogP contribution is -2.00. The molecule has 0 aromatic heterocycles. The van der Waals surface area contributed by atoms with E-state index in [9.17, 15) is 0 Å². The van der Waals surface area contributed by atoms with E-state index in [1.165, 1.54) is 12.8 Å². The first-order valence-corrected chi connectivity index (χ1v) is 7.02. The van der Waals surface area contributed by atoms with E-state index in [0.717, 1.165) is 47.2 Å². The van der Waals surface area contributed by atoms with Crippen molar-refractivity contribution in [1.29, 1.82) is 0 Å². The fourth-order valence-electron chi connectivity index (χ4n) is 1.85. The van der Waals surface area contributed by atoms with Crippen LogP contribution < -0.4 is 4.74 Å². The SMILES string of the molecule is Cc1cc(Cl)cc(C)c1OCCCCCCCl. The summed E-state index contributed by atoms with van der Waals surface area (Å²) in [5.41, 5.74) is 2.21. The van der Waals surface area contributed by atoms with E-state index < -0.39 is 0 Å². The molecule has 1 nitrogen and oxygen atoms in total. The summed E-state index contributed by atoms with van der Waals surface area (Å²) in [6, 6.07) is 3.88. The van der Waals surface area contributed by atoms with Crippen LogP contribution in [0.4, 0.5) is 0 Å². The highest BCUT2D eigenvalue weighted by molar-refractivity contribution is 6.30. The maximum Gasteiger partial charge on any atom is 0.125 e. The number of rotatable bonds is 7. The first kappa shape index (κ1) is 14.7. The van der Waals surface area contributed by atoms with Gasteiger partial charge in [0.2, 0.25) is 0 Å². The summed E-state index contributed by atoms with van der Waals surface area (Å²) in [5, 5.41) is 0.773. The average molecular weight is 275 g/mol. The zero-order valence-electron chi connectivity index (χ0n) is 10.6. The Labute approximate surface area is 114 Å². The Kier molecular flexibility index (Phi) is 6.76. The minimum Gasteiger partial charge on any atom is -0.493 e. The molecule has 1 rings (SSSR count). The monoisotopic (exact) mass is 274 g/mol. The van der Waals surface area contributed by atoms with E-state index in [2.05, 4.69) is 0 Å². The Bertz CT molecular complexity index is 327. The van der Waals surface area contributed by atoms with Crippen molar-refractivity contribution in [3.8, 4) is 5.75 Å². The summed E-state index contributed by atoms with van der Waals surface area (Å²) in [6.45, 7) is 4.83. The van der Waals surface area contributed by atoms with Crippen molar-refractivity contribution < 1.29 is 4.74 Å². The van der Waals surface area contributed by atoms with E-state index >= 15 is 0 Å². The van der Waals surface area contributed by atoms with Crippen LogP contribution in [0.3, 0.4) is 0 Å². The Hall–Kier alpha value is -0.400. The maximum absolute atomic E-state index is 5.97. The molecule has 1 aromatic carbocycles. The van der Waals surface area contributed by atoms with Crippen LogP contribution in [0.25, 0.3) is 0 Å². The zero-order valence-corrected chi connectivity index (χ0v) is 12.1. The first-order valence-electron chi connectivity index (χ1n) is 6.10. The van der Waals surface area contributed by atoms with Gasteiger partial charge in [0.15, 0.2) is 0 Å². The van der Waals surface area contributed by atoms with E-state index in [1.807, 2.05) is 26.0 Å². The second-order valence-corrected chi connectivity index (χ2v) is 5.13. The molecule has 0 bridgehead atoms. The van der Waals surface area contributed by atoms with E-state index in [-0.39, 0.29) is 0 Å². The average Bonchev–Trinajstić information content (AvgIpc) is 2.26. The molecule has 0 amide bonds. The molecule has 0 saturated heterocycles. The summed E-state index contributed by atoms with van der Waals surface area (Å²) >= 11 is 11.6. The van der Waals surface area contributed by atoms with Crippen LogP contribution in [0.2, 0.25) is 5.02 Å². The van der Waals surface area contributed by atoms with Crippen molar-refractivity contribution >= 4 is 23.2 Å². The lowest BCUT2D eigenvalue weighted by molar-refractivity contribution is 0.301. The predicted octanol–water partition coefficient (Wildman–Crippen LogP) is 5.13. The Morgan fingerprint density at radius 3 is 2.18 bits per heavy atom. The summed E-state index contributed by atoms with van der Waals surface area (Å²) in [7, 11) is 0. The highest BCUT2D eigenvalue weighted by Gasteiger charge is 2.05. The Morgan fingerprint density at radius 2 is 1.59 bits per heavy atom. The molecule has 0 fully saturated rings. The van der Waals surface area contributed by atoms with Crippen LogP contribution in [0, 0.1) is 13.8 Å². The molecule has 0 aliphatic heterocycles. The molecule has 3 heteroatoms. The van der Waals surface area contributed by atoms with Gasteiger partial charge in [-0.3, -0.25) is 0 Å². The normalized spacial score (nSPS) is 10.6. The molecule has 0 N–H and O–H groups in total. The molecule has 0 spiro atoms. The van der Waals surface area contributed by atoms with Crippen LogP contribution in [-0.2, 0) is 0 Å². The highest BCUT2D eigenvalue weighted by atomic mass is 35.5. The van der Waals surface area contributed by atoms with Gasteiger partial charge in [0.05, 0.1) is 6.61 Å². The second kappa shape index (κ2) is 7.84. The molecule has 1 aromatic rings. The van der Waals surface area contributed by atoms with Gasteiger partial charge in [0.25, 0.3) is 0 Å². The largest absolute Gasteiger partial charge is 0.493 e. The number of alkyl halides is 1. The highest BCUT2D eigenvalue weighted by Crippen LogP contribution is 2.27. The molecule has 0 aliphatic rings. The van der Waals surface area contributed by atoms with Gasteiger partial charge in [0.1, 0.15) is 5.75 Å². The van der Waals surface area contributed by atoms with Crippen molar-refractivity contribution in [3.05, 3.63) is 28.3 Å². The minimum atomic E-state index is 0.760. The van der Waals surface area contributed by atoms with Gasteiger partial charge in [-0.2, -0.15) is 0 Å². The van der Waals surface area contributed by atoms with Crippen molar-refractivity contribution in [3.63, 3.8) is 0 Å². The third-order valence-corrected chi connectivity index (χ3v) is 3.18. The van der Waals surface area contributed by atoms with Crippen molar-refractivity contribution in [2.45, 2.75) is 39.5 Å². The molecule has 17 heavy (non-hydrogen) atoms. The number of unbranched alkanes of at least 4 members (excludes halogenated alkanes) is 3. The van der Waals surface area contributed by atoms with Crippen molar-refractivity contribution in [2.75, 3.05) is 12.5 Å². The van der Waals surface area contributed by atoms with Crippen molar-refractivity contribution in [2.24, 2.45) is 0 Å². The van der Waals surface area contributed by atoms with Crippen LogP contribution in [0.5, 0.6) is 5.75 Å². The Balaban J connectivity index is 2.36. The molecule has 0 saturated carbocycles. The zero-order chi connectivity index (χ0) is 12.7. The summed E-state index contributed by atoms with van der Waals surface area (Å²) in [6.07, 6.45) is 4.54. The molecular weight excluding hydrogens is 255 g/mol. The van der Waals surface area contributed by atoms with Crippen LogP contribution >= 0.6 is 23.2 Å². The van der Waals surface area contributed by atoms with Crippen LogP contribution in [0.15, 0.2) is 12.1 Å². The number of halogens is 2. The summed E-state index contributed by atoms with van der Waals surface area (Å²) in [4.78, 5) is 0. The number of aryl methyl sites for hydroxylation is 2. The van der Waals surface area contributed by atoms with Crippen molar-refractivity contribution in [1.82, 2.24) is 0 Å². The lowest BCUT2D eigenvalue weighted by Gasteiger charge is -2.12. The topological polar surface area (TPSA) is 9.23 Å². The third-order valence-electron chi connectivity index (χ3n) is 2.70. The fourth-order valence-corrected chi connectivity index (χ4v) is 2.37. The smallest absolute Gasteiger partial charge is 0.125 e. The van der Waals surface area contributed by atoms with Gasteiger partial charge >= 0.3 is 0 Å². The first-order chi connectivity index (χ1) is 8.15. The predicted molar refractivity (Wildman–Crippen MR) is 75.6 cm³/mol.